The zero-order chi connectivity index (χ0) is 21.1. The molecule has 29 heavy (non-hydrogen) atoms. The average molecular weight is 407 g/mol. The number of alkyl halides is 1. The van der Waals surface area contributed by atoms with Gasteiger partial charge < -0.3 is 14.6 Å². The largest absolute Gasteiger partial charge is 0.480 e. The molecule has 0 spiro atoms. The lowest BCUT2D eigenvalue weighted by Gasteiger charge is -2.22. The van der Waals surface area contributed by atoms with Crippen molar-refractivity contribution in [1.82, 2.24) is 4.90 Å². The van der Waals surface area contributed by atoms with Crippen molar-refractivity contribution >= 4 is 11.9 Å². The van der Waals surface area contributed by atoms with Crippen molar-refractivity contribution < 1.29 is 28.6 Å². The number of allylic oxidation sites excluding steroid dienone is 1. The number of unbranched alkanes of at least 4 members (excludes halogenated alkanes) is 2. The molecule has 0 amide bonds. The van der Waals surface area contributed by atoms with E-state index in [0.717, 1.165) is 24.8 Å². The van der Waals surface area contributed by atoms with Crippen molar-refractivity contribution in [3.63, 3.8) is 0 Å². The molecule has 7 heteroatoms. The van der Waals surface area contributed by atoms with Gasteiger partial charge in [0.2, 0.25) is 0 Å². The minimum Gasteiger partial charge on any atom is -0.480 e. The zero-order valence-electron chi connectivity index (χ0n) is 16.9. The molecule has 1 aliphatic heterocycles. The number of carbonyl (C=O) groups excluding carboxylic acids is 1. The van der Waals surface area contributed by atoms with Gasteiger partial charge in [-0.15, -0.1) is 0 Å². The molecule has 2 rings (SSSR count). The van der Waals surface area contributed by atoms with Crippen molar-refractivity contribution in [2.75, 3.05) is 26.9 Å². The van der Waals surface area contributed by atoms with Gasteiger partial charge in [0.15, 0.2) is 0 Å². The first-order chi connectivity index (χ1) is 13.9. The van der Waals surface area contributed by atoms with Gasteiger partial charge in [0.25, 0.3) is 0 Å². The van der Waals surface area contributed by atoms with E-state index in [1.54, 1.807) is 4.90 Å². The molecule has 1 aliphatic rings. The van der Waals surface area contributed by atoms with Crippen LogP contribution in [0.4, 0.5) is 4.39 Å². The van der Waals surface area contributed by atoms with E-state index in [1.165, 1.54) is 7.11 Å². The maximum absolute atomic E-state index is 15.2. The van der Waals surface area contributed by atoms with Crippen molar-refractivity contribution in [2.24, 2.45) is 0 Å². The predicted molar refractivity (Wildman–Crippen MR) is 107 cm³/mol. The number of methoxy groups -OCH3 is 1. The van der Waals surface area contributed by atoms with Gasteiger partial charge in [0.1, 0.15) is 11.7 Å². The van der Waals surface area contributed by atoms with Crippen LogP contribution in [0.5, 0.6) is 0 Å². The Balaban J connectivity index is 1.72. The molecule has 0 unspecified atom stereocenters. The molecule has 160 valence electrons. The number of carbonyl (C=O) groups is 2. The maximum atomic E-state index is 15.2. The quantitative estimate of drug-likeness (QED) is 0.325. The van der Waals surface area contributed by atoms with E-state index in [2.05, 4.69) is 4.74 Å². The Hall–Kier alpha value is -2.25. The number of likely N-dealkylation sites (tertiary alicyclic amines) is 1. The Bertz CT molecular complexity index is 681. The molecule has 2 atom stereocenters. The molecule has 0 aromatic heterocycles. The fourth-order valence-corrected chi connectivity index (χ4v) is 3.48. The summed E-state index contributed by atoms with van der Waals surface area (Å²) in [6, 6.07) is 8.62. The molecule has 1 heterocycles. The van der Waals surface area contributed by atoms with Gasteiger partial charge in [-0.05, 0) is 24.8 Å². The first-order valence-corrected chi connectivity index (χ1v) is 9.93. The van der Waals surface area contributed by atoms with Crippen molar-refractivity contribution in [3.8, 4) is 0 Å². The number of ether oxygens (including phenoxy) is 2. The van der Waals surface area contributed by atoms with Gasteiger partial charge >= 0.3 is 11.9 Å². The van der Waals surface area contributed by atoms with Crippen molar-refractivity contribution in [2.45, 2.75) is 50.4 Å². The smallest absolute Gasteiger partial charge is 0.321 e. The Morgan fingerprint density at radius 2 is 2.03 bits per heavy atom. The summed E-state index contributed by atoms with van der Waals surface area (Å²) in [6.45, 7) is 0.582. The fourth-order valence-electron chi connectivity index (χ4n) is 3.48. The van der Waals surface area contributed by atoms with E-state index in [4.69, 9.17) is 4.74 Å². The van der Waals surface area contributed by atoms with E-state index in [0.29, 0.717) is 13.0 Å². The van der Waals surface area contributed by atoms with Crippen LogP contribution in [-0.2, 0) is 25.6 Å². The number of hydrogen-bond donors (Lipinski definition) is 1. The highest BCUT2D eigenvalue weighted by Crippen LogP contribution is 2.32. The van der Waals surface area contributed by atoms with Gasteiger partial charge in [0.05, 0.1) is 20.3 Å². The molecule has 0 saturated carbocycles. The Morgan fingerprint density at radius 1 is 1.28 bits per heavy atom. The summed E-state index contributed by atoms with van der Waals surface area (Å²) >= 11 is 0. The Morgan fingerprint density at radius 3 is 2.72 bits per heavy atom. The Labute approximate surface area is 171 Å². The first kappa shape index (κ1) is 23.0. The van der Waals surface area contributed by atoms with Crippen LogP contribution in [0.15, 0.2) is 42.5 Å². The summed E-state index contributed by atoms with van der Waals surface area (Å²) in [5.41, 5.74) is -0.717. The van der Waals surface area contributed by atoms with Crippen LogP contribution >= 0.6 is 0 Å². The number of esters is 1. The number of benzene rings is 1. The van der Waals surface area contributed by atoms with Crippen LogP contribution in [0.25, 0.3) is 0 Å². The standard InChI is InChI=1S/C22H30FNO5/c1-28-20(25)12-8-3-2-4-9-13-29-17-22(23)14-19(21(26)27)24(16-22)15-18-10-6-5-7-11-18/h4-7,9-11,19H,2-3,8,12-17H2,1H3,(H,26,27)/b9-4+/t19-,22+/m0/s1. The van der Waals surface area contributed by atoms with Crippen LogP contribution in [-0.4, -0.2) is 60.5 Å². The normalized spacial score (nSPS) is 22.2. The number of halogens is 1. The average Bonchev–Trinajstić information content (AvgIpc) is 3.04. The van der Waals surface area contributed by atoms with Gasteiger partial charge in [-0.2, -0.15) is 0 Å². The highest BCUT2D eigenvalue weighted by atomic mass is 19.1. The summed E-state index contributed by atoms with van der Waals surface area (Å²) < 4.78 is 25.2. The number of hydrogen-bond acceptors (Lipinski definition) is 5. The van der Waals surface area contributed by atoms with E-state index in [1.807, 2.05) is 42.5 Å². The molecule has 1 saturated heterocycles. The second kappa shape index (κ2) is 11.7. The first-order valence-electron chi connectivity index (χ1n) is 9.93. The van der Waals surface area contributed by atoms with Crippen LogP contribution in [0.2, 0.25) is 0 Å². The highest BCUT2D eigenvalue weighted by Gasteiger charge is 2.47. The van der Waals surface area contributed by atoms with Crippen LogP contribution in [0.1, 0.15) is 37.7 Å². The topological polar surface area (TPSA) is 76.1 Å². The SMILES string of the molecule is COC(=O)CCCC/C=C/COC[C@@]1(F)C[C@@H](C(=O)O)N(Cc2ccccc2)C1. The number of rotatable bonds is 12. The number of nitrogens with zero attached hydrogens (tertiary/aromatic N) is 1. The lowest BCUT2D eigenvalue weighted by molar-refractivity contribution is -0.142. The zero-order valence-corrected chi connectivity index (χ0v) is 16.9. The van der Waals surface area contributed by atoms with Crippen LogP contribution in [0, 0.1) is 0 Å². The number of aliphatic carboxylic acids is 1. The molecule has 1 aromatic carbocycles. The second-order valence-electron chi connectivity index (χ2n) is 7.41. The van der Waals surface area contributed by atoms with Gasteiger partial charge in [-0.1, -0.05) is 42.5 Å². The number of carboxylic acids is 1. The van der Waals surface area contributed by atoms with Gasteiger partial charge in [-0.3, -0.25) is 14.5 Å². The van der Waals surface area contributed by atoms with E-state index < -0.39 is 17.7 Å². The molecule has 0 radical (unpaired) electrons. The van der Waals surface area contributed by atoms with Gasteiger partial charge in [0, 0.05) is 25.9 Å². The molecular weight excluding hydrogens is 377 g/mol. The van der Waals surface area contributed by atoms with Crippen LogP contribution < -0.4 is 0 Å². The summed E-state index contributed by atoms with van der Waals surface area (Å²) in [5.74, 6) is -1.21. The number of carboxylic acid groups (broad SMARTS) is 1. The monoisotopic (exact) mass is 407 g/mol. The summed E-state index contributed by atoms with van der Waals surface area (Å²) in [4.78, 5) is 24.2. The minimum atomic E-state index is -1.67. The summed E-state index contributed by atoms with van der Waals surface area (Å²) in [5, 5.41) is 9.47. The molecule has 1 aromatic rings. The molecule has 0 aliphatic carbocycles. The third kappa shape index (κ3) is 7.95. The van der Waals surface area contributed by atoms with E-state index in [-0.39, 0.29) is 32.1 Å². The van der Waals surface area contributed by atoms with E-state index in [9.17, 15) is 14.7 Å². The van der Waals surface area contributed by atoms with Crippen molar-refractivity contribution in [3.05, 3.63) is 48.0 Å². The third-order valence-corrected chi connectivity index (χ3v) is 4.97. The lowest BCUT2D eigenvalue weighted by Crippen LogP contribution is -2.36. The second-order valence-corrected chi connectivity index (χ2v) is 7.41. The molecule has 1 N–H and O–H groups in total. The molecule has 6 nitrogen and oxygen atoms in total. The Kier molecular flexibility index (Phi) is 9.28. The molecule has 0 bridgehead atoms. The summed E-state index contributed by atoms with van der Waals surface area (Å²) in [6.07, 6.45) is 6.55. The maximum Gasteiger partial charge on any atom is 0.321 e. The third-order valence-electron chi connectivity index (χ3n) is 4.97. The highest BCUT2D eigenvalue weighted by molar-refractivity contribution is 5.74. The predicted octanol–water partition coefficient (Wildman–Crippen LogP) is 3.36. The summed E-state index contributed by atoms with van der Waals surface area (Å²) in [7, 11) is 1.38. The molecule has 1 fully saturated rings. The lowest BCUT2D eigenvalue weighted by atomic mass is 10.0. The minimum absolute atomic E-state index is 0.0378. The molecular formula is C22H30FNO5. The van der Waals surface area contributed by atoms with E-state index >= 15 is 4.39 Å². The van der Waals surface area contributed by atoms with Gasteiger partial charge in [-0.25, -0.2) is 4.39 Å². The van der Waals surface area contributed by atoms with Crippen LogP contribution in [0.3, 0.4) is 0 Å². The fraction of sp³-hybridized carbons (Fsp3) is 0.545. The van der Waals surface area contributed by atoms with Crippen molar-refractivity contribution in [1.29, 1.82) is 0 Å².